The minimum Gasteiger partial charge on any atom is -0.454 e. The van der Waals surface area contributed by atoms with Gasteiger partial charge in [0.25, 0.3) is 10.0 Å². The largest absolute Gasteiger partial charge is 0.454 e. The average Bonchev–Trinajstić information content (AvgIpc) is 3.25. The molecule has 3 aromatic carbocycles. The second kappa shape index (κ2) is 7.31. The molecule has 158 valence electrons. The predicted molar refractivity (Wildman–Crippen MR) is 116 cm³/mol. The van der Waals surface area contributed by atoms with Gasteiger partial charge in [-0.05, 0) is 53.9 Å². The Hall–Kier alpha value is -3.52. The van der Waals surface area contributed by atoms with Crippen LogP contribution in [-0.2, 0) is 23.0 Å². The molecule has 0 spiro atoms. The molecule has 0 aromatic heterocycles. The van der Waals surface area contributed by atoms with E-state index in [2.05, 4.69) is 0 Å². The first-order valence-electron chi connectivity index (χ1n) is 9.92. The number of urea groups is 1. The highest BCUT2D eigenvalue weighted by Gasteiger charge is 2.42. The van der Waals surface area contributed by atoms with Gasteiger partial charge in [0, 0.05) is 0 Å². The number of sulfonamides is 1. The number of aryl methyl sites for hydroxylation is 1. The highest BCUT2D eigenvalue weighted by atomic mass is 32.2. The fourth-order valence-corrected chi connectivity index (χ4v) is 5.40. The molecule has 0 bridgehead atoms. The fourth-order valence-electron chi connectivity index (χ4n) is 3.80. The molecule has 0 saturated heterocycles. The minimum atomic E-state index is -4.04. The summed E-state index contributed by atoms with van der Waals surface area (Å²) < 4.78 is 38.4. The van der Waals surface area contributed by atoms with Crippen LogP contribution in [0.5, 0.6) is 11.5 Å². The zero-order chi connectivity index (χ0) is 21.6. The van der Waals surface area contributed by atoms with Gasteiger partial charge in [-0.2, -0.15) is 4.31 Å². The first-order valence-corrected chi connectivity index (χ1v) is 11.4. The van der Waals surface area contributed by atoms with Crippen LogP contribution in [0.3, 0.4) is 0 Å². The fraction of sp³-hybridized carbons (Fsp3) is 0.174. The SMILES string of the molecule is CCc1ccc(N2C(=O)N(Cc3ccc4c(c3)OCO4)c3ccccc3S2(=O)=O)cc1. The Bertz CT molecular complexity index is 1270. The van der Waals surface area contributed by atoms with Gasteiger partial charge in [0.2, 0.25) is 6.79 Å². The first kappa shape index (κ1) is 19.4. The van der Waals surface area contributed by atoms with E-state index in [1.165, 1.54) is 11.0 Å². The third kappa shape index (κ3) is 3.19. The number of hydrogen-bond acceptors (Lipinski definition) is 5. The van der Waals surface area contributed by atoms with Crippen molar-refractivity contribution in [3.8, 4) is 11.5 Å². The molecule has 0 atom stereocenters. The molecule has 0 N–H and O–H groups in total. The molecule has 2 amide bonds. The summed E-state index contributed by atoms with van der Waals surface area (Å²) in [7, 11) is -4.04. The summed E-state index contributed by atoms with van der Waals surface area (Å²) in [5, 5.41) is 0. The van der Waals surface area contributed by atoms with Crippen molar-refractivity contribution in [1.82, 2.24) is 0 Å². The lowest BCUT2D eigenvalue weighted by Gasteiger charge is -2.36. The van der Waals surface area contributed by atoms with Gasteiger partial charge >= 0.3 is 6.03 Å². The van der Waals surface area contributed by atoms with E-state index in [0.29, 0.717) is 22.9 Å². The van der Waals surface area contributed by atoms with Crippen LogP contribution in [-0.4, -0.2) is 21.2 Å². The summed E-state index contributed by atoms with van der Waals surface area (Å²) in [6.07, 6.45) is 0.819. The van der Waals surface area contributed by atoms with Crippen LogP contribution in [0.15, 0.2) is 71.6 Å². The maximum Gasteiger partial charge on any atom is 0.343 e. The Labute approximate surface area is 180 Å². The maximum absolute atomic E-state index is 13.5. The van der Waals surface area contributed by atoms with Crippen LogP contribution in [0.1, 0.15) is 18.1 Å². The quantitative estimate of drug-likeness (QED) is 0.609. The van der Waals surface area contributed by atoms with Gasteiger partial charge in [-0.15, -0.1) is 0 Å². The summed E-state index contributed by atoms with van der Waals surface area (Å²) in [5.74, 6) is 1.25. The number of fused-ring (bicyclic) bond motifs is 2. The van der Waals surface area contributed by atoms with Gasteiger partial charge in [0.15, 0.2) is 11.5 Å². The van der Waals surface area contributed by atoms with Crippen LogP contribution in [0.4, 0.5) is 16.2 Å². The lowest BCUT2D eigenvalue weighted by atomic mass is 10.1. The zero-order valence-electron chi connectivity index (χ0n) is 16.8. The van der Waals surface area contributed by atoms with Crippen molar-refractivity contribution in [3.05, 3.63) is 77.9 Å². The van der Waals surface area contributed by atoms with Crippen molar-refractivity contribution < 1.29 is 22.7 Å². The molecule has 0 unspecified atom stereocenters. The molecular weight excluding hydrogens is 416 g/mol. The monoisotopic (exact) mass is 436 g/mol. The van der Waals surface area contributed by atoms with Gasteiger partial charge in [-0.3, -0.25) is 4.90 Å². The van der Waals surface area contributed by atoms with Crippen molar-refractivity contribution >= 4 is 27.4 Å². The smallest absolute Gasteiger partial charge is 0.343 e. The van der Waals surface area contributed by atoms with Gasteiger partial charge < -0.3 is 9.47 Å². The molecular formula is C23H20N2O5S. The summed E-state index contributed by atoms with van der Waals surface area (Å²) in [5.41, 5.74) is 2.52. The van der Waals surface area contributed by atoms with Crippen molar-refractivity contribution in [2.75, 3.05) is 16.0 Å². The Balaban J connectivity index is 1.59. The number of amides is 2. The molecule has 0 saturated carbocycles. The number of anilines is 2. The third-order valence-electron chi connectivity index (χ3n) is 5.44. The Morgan fingerprint density at radius 1 is 0.903 bits per heavy atom. The van der Waals surface area contributed by atoms with Crippen molar-refractivity contribution in [2.24, 2.45) is 0 Å². The van der Waals surface area contributed by atoms with Crippen molar-refractivity contribution in [1.29, 1.82) is 0 Å². The third-order valence-corrected chi connectivity index (χ3v) is 7.18. The van der Waals surface area contributed by atoms with Crippen LogP contribution < -0.4 is 18.7 Å². The second-order valence-corrected chi connectivity index (χ2v) is 9.07. The Morgan fingerprint density at radius 2 is 1.61 bits per heavy atom. The zero-order valence-corrected chi connectivity index (χ0v) is 17.6. The first-order chi connectivity index (χ1) is 15.0. The van der Waals surface area contributed by atoms with Gasteiger partial charge in [-0.1, -0.05) is 37.3 Å². The van der Waals surface area contributed by atoms with E-state index < -0.39 is 16.1 Å². The Morgan fingerprint density at radius 3 is 2.39 bits per heavy atom. The summed E-state index contributed by atoms with van der Waals surface area (Å²) in [6.45, 7) is 2.36. The van der Waals surface area contributed by atoms with E-state index in [4.69, 9.17) is 9.47 Å². The van der Waals surface area contributed by atoms with E-state index in [1.54, 1.807) is 36.4 Å². The molecule has 8 heteroatoms. The number of carbonyl (C=O) groups is 1. The lowest BCUT2D eigenvalue weighted by Crippen LogP contribution is -2.50. The average molecular weight is 436 g/mol. The standard InChI is InChI=1S/C23H20N2O5S/c1-2-16-7-10-18(11-8-16)25-23(26)24(19-5-3-4-6-22(19)31(25,27)28)14-17-9-12-20-21(13-17)30-15-29-20/h3-13H,2,14-15H2,1H3. The molecule has 31 heavy (non-hydrogen) atoms. The molecule has 3 aromatic rings. The number of hydrogen-bond donors (Lipinski definition) is 0. The van der Waals surface area contributed by atoms with Crippen LogP contribution >= 0.6 is 0 Å². The van der Waals surface area contributed by atoms with Gasteiger partial charge in [-0.25, -0.2) is 13.2 Å². The molecule has 0 fully saturated rings. The molecule has 2 aliphatic heterocycles. The highest BCUT2D eigenvalue weighted by Crippen LogP contribution is 2.39. The molecule has 5 rings (SSSR count). The summed E-state index contributed by atoms with van der Waals surface area (Å²) >= 11 is 0. The van der Waals surface area contributed by atoms with E-state index in [0.717, 1.165) is 21.9 Å². The van der Waals surface area contributed by atoms with Crippen LogP contribution in [0.2, 0.25) is 0 Å². The summed E-state index contributed by atoms with van der Waals surface area (Å²) in [6, 6.07) is 18.4. The number of para-hydroxylation sites is 1. The van der Waals surface area contributed by atoms with Gasteiger partial charge in [0.1, 0.15) is 4.90 Å². The maximum atomic E-state index is 13.5. The normalized spacial score (nSPS) is 16.4. The molecule has 2 heterocycles. The van der Waals surface area contributed by atoms with E-state index >= 15 is 0 Å². The molecule has 0 aliphatic carbocycles. The highest BCUT2D eigenvalue weighted by molar-refractivity contribution is 7.94. The summed E-state index contributed by atoms with van der Waals surface area (Å²) in [4.78, 5) is 15.1. The number of nitrogens with zero attached hydrogens (tertiary/aromatic N) is 2. The second-order valence-electron chi connectivity index (χ2n) is 7.31. The van der Waals surface area contributed by atoms with Crippen LogP contribution in [0.25, 0.3) is 0 Å². The number of rotatable bonds is 4. The molecule has 2 aliphatic rings. The lowest BCUT2D eigenvalue weighted by molar-refractivity contribution is 0.174. The van der Waals surface area contributed by atoms with E-state index in [-0.39, 0.29) is 18.2 Å². The Kier molecular flexibility index (Phi) is 4.59. The number of ether oxygens (including phenoxy) is 2. The van der Waals surface area contributed by atoms with Gasteiger partial charge in [0.05, 0.1) is 17.9 Å². The molecule has 0 radical (unpaired) electrons. The van der Waals surface area contributed by atoms with Crippen molar-refractivity contribution in [2.45, 2.75) is 24.8 Å². The van der Waals surface area contributed by atoms with Crippen LogP contribution in [0, 0.1) is 0 Å². The van der Waals surface area contributed by atoms with E-state index in [1.807, 2.05) is 31.2 Å². The van der Waals surface area contributed by atoms with Crippen molar-refractivity contribution in [3.63, 3.8) is 0 Å². The van der Waals surface area contributed by atoms with E-state index in [9.17, 15) is 13.2 Å². The topological polar surface area (TPSA) is 76.2 Å². The molecule has 7 nitrogen and oxygen atoms in total. The predicted octanol–water partition coefficient (Wildman–Crippen LogP) is 4.31. The number of carbonyl (C=O) groups excluding carboxylic acids is 1. The number of benzene rings is 3. The minimum absolute atomic E-state index is 0.0925.